The van der Waals surface area contributed by atoms with Crippen LogP contribution in [0.1, 0.15) is 17.4 Å². The Morgan fingerprint density at radius 3 is 2.44 bits per heavy atom. The van der Waals surface area contributed by atoms with Gasteiger partial charge in [0.1, 0.15) is 5.69 Å². The van der Waals surface area contributed by atoms with Gasteiger partial charge < -0.3 is 20.7 Å². The third kappa shape index (κ3) is 3.42. The number of benzene rings is 2. The maximum atomic E-state index is 13.4. The molecular weight excluding hydrogens is 332 g/mol. The van der Waals surface area contributed by atoms with E-state index in [1.165, 1.54) is 19.1 Å². The van der Waals surface area contributed by atoms with E-state index in [1.54, 1.807) is 12.1 Å². The number of aromatic carboxylic acids is 1. The molecular formula is C17H13F2N3O3. The first-order valence-corrected chi connectivity index (χ1v) is 7.23. The number of hydrogen-bond acceptors (Lipinski definition) is 3. The Balaban J connectivity index is 2.10. The van der Waals surface area contributed by atoms with Gasteiger partial charge in [0.05, 0.1) is 11.2 Å². The Morgan fingerprint density at radius 1 is 1.04 bits per heavy atom. The Kier molecular flexibility index (Phi) is 4.10. The number of hydrogen-bond donors (Lipinski definition) is 4. The van der Waals surface area contributed by atoms with Crippen molar-refractivity contribution in [2.45, 2.75) is 6.92 Å². The number of aromatic nitrogens is 1. The number of H-pyrrole nitrogens is 1. The van der Waals surface area contributed by atoms with E-state index in [4.69, 9.17) is 5.11 Å². The first-order valence-electron chi connectivity index (χ1n) is 7.23. The summed E-state index contributed by atoms with van der Waals surface area (Å²) in [6.07, 6.45) is 0. The van der Waals surface area contributed by atoms with Crippen molar-refractivity contribution >= 4 is 39.8 Å². The van der Waals surface area contributed by atoms with Crippen LogP contribution in [-0.2, 0) is 4.79 Å². The molecule has 1 amide bonds. The topological polar surface area (TPSA) is 94.2 Å². The number of anilines is 3. The molecule has 0 atom stereocenters. The van der Waals surface area contributed by atoms with Gasteiger partial charge in [-0.05, 0) is 30.3 Å². The van der Waals surface area contributed by atoms with Crippen molar-refractivity contribution < 1.29 is 23.5 Å². The van der Waals surface area contributed by atoms with Crippen molar-refractivity contribution in [1.82, 2.24) is 4.98 Å². The van der Waals surface area contributed by atoms with Crippen molar-refractivity contribution in [3.63, 3.8) is 0 Å². The number of carboxylic acid groups (broad SMARTS) is 1. The van der Waals surface area contributed by atoms with Crippen LogP contribution in [0.3, 0.4) is 0 Å². The van der Waals surface area contributed by atoms with E-state index in [0.29, 0.717) is 22.3 Å². The molecule has 0 fully saturated rings. The van der Waals surface area contributed by atoms with Gasteiger partial charge in [0.2, 0.25) is 5.91 Å². The molecule has 0 radical (unpaired) electrons. The highest BCUT2D eigenvalue weighted by molar-refractivity contribution is 6.03. The van der Waals surface area contributed by atoms with Gasteiger partial charge in [-0.1, -0.05) is 0 Å². The molecule has 3 rings (SSSR count). The van der Waals surface area contributed by atoms with Gasteiger partial charge in [0.25, 0.3) is 0 Å². The first kappa shape index (κ1) is 16.4. The van der Waals surface area contributed by atoms with Gasteiger partial charge in [-0.25, -0.2) is 13.6 Å². The summed E-state index contributed by atoms with van der Waals surface area (Å²) in [4.78, 5) is 25.2. The molecule has 3 aromatic rings. The number of nitrogens with one attached hydrogen (secondary N) is 3. The summed E-state index contributed by atoms with van der Waals surface area (Å²) in [6, 6.07) is 7.88. The largest absolute Gasteiger partial charge is 0.477 e. The molecule has 0 aliphatic carbocycles. The Hall–Kier alpha value is -3.42. The second-order valence-corrected chi connectivity index (χ2v) is 5.41. The smallest absolute Gasteiger partial charge is 0.352 e. The SMILES string of the molecule is CC(=O)Nc1cc(Nc2ccc(F)c(F)c2)c2cc(C(=O)O)[nH]c2c1. The Morgan fingerprint density at radius 2 is 1.80 bits per heavy atom. The van der Waals surface area contributed by atoms with E-state index < -0.39 is 17.6 Å². The van der Waals surface area contributed by atoms with Crippen molar-refractivity contribution in [2.24, 2.45) is 0 Å². The third-order valence-electron chi connectivity index (χ3n) is 3.49. The number of fused-ring (bicyclic) bond motifs is 1. The minimum Gasteiger partial charge on any atom is -0.477 e. The summed E-state index contributed by atoms with van der Waals surface area (Å²) in [6.45, 7) is 1.34. The number of carboxylic acids is 1. The van der Waals surface area contributed by atoms with Gasteiger partial charge in [-0.15, -0.1) is 0 Å². The van der Waals surface area contributed by atoms with Crippen LogP contribution in [0.2, 0.25) is 0 Å². The number of aromatic amines is 1. The van der Waals surface area contributed by atoms with Crippen molar-refractivity contribution in [1.29, 1.82) is 0 Å². The van der Waals surface area contributed by atoms with Gasteiger partial charge in [-0.2, -0.15) is 0 Å². The van der Waals surface area contributed by atoms with Crippen LogP contribution in [0.4, 0.5) is 25.8 Å². The maximum Gasteiger partial charge on any atom is 0.352 e. The quantitative estimate of drug-likeness (QED) is 0.578. The predicted octanol–water partition coefficient (Wildman–Crippen LogP) is 3.85. The van der Waals surface area contributed by atoms with Crippen LogP contribution in [0.15, 0.2) is 36.4 Å². The van der Waals surface area contributed by atoms with Gasteiger partial charge in [-0.3, -0.25) is 4.79 Å². The van der Waals surface area contributed by atoms with Crippen LogP contribution < -0.4 is 10.6 Å². The zero-order valence-electron chi connectivity index (χ0n) is 13.0. The minimum absolute atomic E-state index is 0.0386. The normalized spacial score (nSPS) is 10.7. The highest BCUT2D eigenvalue weighted by Gasteiger charge is 2.13. The molecule has 0 aliphatic rings. The molecule has 1 aromatic heterocycles. The second-order valence-electron chi connectivity index (χ2n) is 5.41. The van der Waals surface area contributed by atoms with Crippen LogP contribution in [0.25, 0.3) is 10.9 Å². The van der Waals surface area contributed by atoms with Crippen LogP contribution in [0, 0.1) is 11.6 Å². The fourth-order valence-corrected chi connectivity index (χ4v) is 2.46. The lowest BCUT2D eigenvalue weighted by atomic mass is 10.1. The number of rotatable bonds is 4. The summed E-state index contributed by atoms with van der Waals surface area (Å²) in [7, 11) is 0. The summed E-state index contributed by atoms with van der Waals surface area (Å²) in [5.41, 5.74) is 1.55. The number of amides is 1. The number of carbonyl (C=O) groups is 2. The lowest BCUT2D eigenvalue weighted by molar-refractivity contribution is -0.114. The highest BCUT2D eigenvalue weighted by atomic mass is 19.2. The standard InChI is InChI=1S/C17H13F2N3O3/c1-8(23)20-10-5-14(21-9-2-3-12(18)13(19)4-9)11-7-16(17(24)25)22-15(11)6-10/h2-7,21-22H,1H3,(H,20,23)(H,24,25). The lowest BCUT2D eigenvalue weighted by Crippen LogP contribution is -2.06. The lowest BCUT2D eigenvalue weighted by Gasteiger charge is -2.11. The molecule has 0 aliphatic heterocycles. The van der Waals surface area contributed by atoms with E-state index in [9.17, 15) is 18.4 Å². The van der Waals surface area contributed by atoms with E-state index in [-0.39, 0.29) is 17.3 Å². The first-order chi connectivity index (χ1) is 11.8. The van der Waals surface area contributed by atoms with Gasteiger partial charge in [0, 0.05) is 29.8 Å². The summed E-state index contributed by atoms with van der Waals surface area (Å²) < 4.78 is 26.5. The molecule has 8 heteroatoms. The molecule has 0 bridgehead atoms. The maximum absolute atomic E-state index is 13.4. The Bertz CT molecular complexity index is 998. The van der Waals surface area contributed by atoms with Crippen LogP contribution >= 0.6 is 0 Å². The predicted molar refractivity (Wildman–Crippen MR) is 89.2 cm³/mol. The van der Waals surface area contributed by atoms with E-state index in [0.717, 1.165) is 12.1 Å². The van der Waals surface area contributed by atoms with Crippen molar-refractivity contribution in [3.05, 3.63) is 53.7 Å². The summed E-state index contributed by atoms with van der Waals surface area (Å²) in [5.74, 6) is -3.43. The molecule has 0 unspecified atom stereocenters. The van der Waals surface area contributed by atoms with Gasteiger partial charge >= 0.3 is 5.97 Å². The second kappa shape index (κ2) is 6.23. The van der Waals surface area contributed by atoms with Gasteiger partial charge in [0.15, 0.2) is 11.6 Å². The molecule has 0 spiro atoms. The molecule has 0 saturated carbocycles. The number of halogens is 2. The fraction of sp³-hybridized carbons (Fsp3) is 0.0588. The highest BCUT2D eigenvalue weighted by Crippen LogP contribution is 2.31. The molecule has 0 saturated heterocycles. The van der Waals surface area contributed by atoms with Crippen molar-refractivity contribution in [2.75, 3.05) is 10.6 Å². The fourth-order valence-electron chi connectivity index (χ4n) is 2.46. The number of carbonyl (C=O) groups excluding carboxylic acids is 1. The van der Waals surface area contributed by atoms with Crippen molar-refractivity contribution in [3.8, 4) is 0 Å². The summed E-state index contributed by atoms with van der Waals surface area (Å²) in [5, 5.41) is 15.2. The van der Waals surface area contributed by atoms with E-state index >= 15 is 0 Å². The molecule has 1 heterocycles. The van der Waals surface area contributed by atoms with E-state index in [1.807, 2.05) is 0 Å². The summed E-state index contributed by atoms with van der Waals surface area (Å²) >= 11 is 0. The zero-order valence-corrected chi connectivity index (χ0v) is 13.0. The minimum atomic E-state index is -1.14. The average Bonchev–Trinajstić information content (AvgIpc) is 2.95. The van der Waals surface area contributed by atoms with Crippen LogP contribution in [-0.4, -0.2) is 22.0 Å². The van der Waals surface area contributed by atoms with E-state index in [2.05, 4.69) is 15.6 Å². The van der Waals surface area contributed by atoms with Crippen LogP contribution in [0.5, 0.6) is 0 Å². The molecule has 2 aromatic carbocycles. The molecule has 6 nitrogen and oxygen atoms in total. The molecule has 128 valence electrons. The third-order valence-corrected chi connectivity index (χ3v) is 3.49. The average molecular weight is 345 g/mol. The molecule has 4 N–H and O–H groups in total. The Labute approximate surface area is 140 Å². The molecule has 25 heavy (non-hydrogen) atoms. The monoisotopic (exact) mass is 345 g/mol. The zero-order chi connectivity index (χ0) is 18.1.